The molecule has 0 saturated heterocycles. The third-order valence-electron chi connectivity index (χ3n) is 4.94. The smallest absolute Gasteiger partial charge is 0.257 e. The van der Waals surface area contributed by atoms with Crippen LogP contribution in [-0.4, -0.2) is 51.2 Å². The SMILES string of the molecule is COc1ccc2c(c1)CCN(S(=O)(=O)CCCNC(=O)COc1ccc(Cl)cc1Cl)C2. The molecule has 1 heterocycles. The van der Waals surface area contributed by atoms with Gasteiger partial charge in [0.05, 0.1) is 17.9 Å². The quantitative estimate of drug-likeness (QED) is 0.549. The largest absolute Gasteiger partial charge is 0.497 e. The molecule has 0 fully saturated rings. The summed E-state index contributed by atoms with van der Waals surface area (Å²) in [6.07, 6.45) is 0.953. The number of hydrogen-bond acceptors (Lipinski definition) is 5. The van der Waals surface area contributed by atoms with Gasteiger partial charge in [0.2, 0.25) is 10.0 Å². The second-order valence-electron chi connectivity index (χ2n) is 7.10. The molecule has 0 unspecified atom stereocenters. The first-order valence-electron chi connectivity index (χ1n) is 9.76. The first kappa shape index (κ1) is 23.7. The Balaban J connectivity index is 1.41. The zero-order valence-corrected chi connectivity index (χ0v) is 19.4. The Bertz CT molecular complexity index is 1050. The number of sulfonamides is 1. The maximum atomic E-state index is 12.7. The minimum Gasteiger partial charge on any atom is -0.497 e. The van der Waals surface area contributed by atoms with Crippen molar-refractivity contribution in [3.8, 4) is 11.5 Å². The van der Waals surface area contributed by atoms with Crippen molar-refractivity contribution in [1.82, 2.24) is 9.62 Å². The first-order chi connectivity index (χ1) is 14.8. The summed E-state index contributed by atoms with van der Waals surface area (Å²) in [4.78, 5) is 11.9. The third kappa shape index (κ3) is 6.49. The zero-order valence-electron chi connectivity index (χ0n) is 17.1. The van der Waals surface area contributed by atoms with Gasteiger partial charge < -0.3 is 14.8 Å². The van der Waals surface area contributed by atoms with E-state index in [1.165, 1.54) is 10.4 Å². The summed E-state index contributed by atoms with van der Waals surface area (Å²) < 4.78 is 37.4. The monoisotopic (exact) mass is 486 g/mol. The highest BCUT2D eigenvalue weighted by Gasteiger charge is 2.26. The van der Waals surface area contributed by atoms with Gasteiger partial charge in [0, 0.05) is 24.7 Å². The van der Waals surface area contributed by atoms with Gasteiger partial charge in [0.25, 0.3) is 5.91 Å². The van der Waals surface area contributed by atoms with Crippen molar-refractivity contribution in [3.63, 3.8) is 0 Å². The lowest BCUT2D eigenvalue weighted by Crippen LogP contribution is -2.38. The van der Waals surface area contributed by atoms with E-state index in [1.54, 1.807) is 19.2 Å². The summed E-state index contributed by atoms with van der Waals surface area (Å²) in [7, 11) is -1.80. The molecule has 1 aliphatic rings. The van der Waals surface area contributed by atoms with Gasteiger partial charge in [-0.1, -0.05) is 29.3 Å². The van der Waals surface area contributed by atoms with Crippen molar-refractivity contribution in [2.24, 2.45) is 0 Å². The van der Waals surface area contributed by atoms with Gasteiger partial charge in [-0.2, -0.15) is 4.31 Å². The van der Waals surface area contributed by atoms with Crippen molar-refractivity contribution in [2.45, 2.75) is 19.4 Å². The lowest BCUT2D eigenvalue weighted by Gasteiger charge is -2.28. The van der Waals surface area contributed by atoms with Crippen molar-refractivity contribution in [2.75, 3.05) is 32.6 Å². The number of carbonyl (C=O) groups excluding carboxylic acids is 1. The molecular formula is C21H24Cl2N2O5S. The molecule has 1 aliphatic heterocycles. The molecule has 0 aromatic heterocycles. The molecule has 3 rings (SSSR count). The van der Waals surface area contributed by atoms with Gasteiger partial charge in [0.1, 0.15) is 11.5 Å². The summed E-state index contributed by atoms with van der Waals surface area (Å²) in [5.74, 6) is 0.729. The molecule has 168 valence electrons. The molecule has 0 atom stereocenters. The highest BCUT2D eigenvalue weighted by molar-refractivity contribution is 7.89. The lowest BCUT2D eigenvalue weighted by molar-refractivity contribution is -0.123. The van der Waals surface area contributed by atoms with Crippen LogP contribution >= 0.6 is 23.2 Å². The molecule has 1 N–H and O–H groups in total. The highest BCUT2D eigenvalue weighted by Crippen LogP contribution is 2.27. The van der Waals surface area contributed by atoms with Crippen LogP contribution in [0.2, 0.25) is 10.0 Å². The number of nitrogens with one attached hydrogen (secondary N) is 1. The van der Waals surface area contributed by atoms with E-state index < -0.39 is 10.0 Å². The molecule has 1 amide bonds. The van der Waals surface area contributed by atoms with E-state index in [0.717, 1.165) is 16.9 Å². The molecule has 0 aliphatic carbocycles. The number of rotatable bonds is 9. The summed E-state index contributed by atoms with van der Waals surface area (Å²) in [5.41, 5.74) is 2.10. The van der Waals surface area contributed by atoms with Crippen LogP contribution in [0.1, 0.15) is 17.5 Å². The Morgan fingerprint density at radius 3 is 2.71 bits per heavy atom. The standard InChI is InChI=1S/C21H24Cl2N2O5S/c1-29-18-5-3-16-13-25(9-7-15(16)11-18)31(27,28)10-2-8-24-21(26)14-30-20-6-4-17(22)12-19(20)23/h3-6,11-12H,2,7-10,13-14H2,1H3,(H,24,26). The number of halogens is 2. The molecular weight excluding hydrogens is 463 g/mol. The van der Waals surface area contributed by atoms with Crippen LogP contribution in [0.4, 0.5) is 0 Å². The Hall–Kier alpha value is -2.00. The Morgan fingerprint density at radius 2 is 1.97 bits per heavy atom. The minimum atomic E-state index is -3.42. The van der Waals surface area contributed by atoms with Gasteiger partial charge in [0.15, 0.2) is 6.61 Å². The number of ether oxygens (including phenoxy) is 2. The average Bonchev–Trinajstić information content (AvgIpc) is 2.75. The predicted molar refractivity (Wildman–Crippen MR) is 120 cm³/mol. The first-order valence-corrected chi connectivity index (χ1v) is 12.1. The Morgan fingerprint density at radius 1 is 1.16 bits per heavy atom. The zero-order chi connectivity index (χ0) is 22.4. The van der Waals surface area contributed by atoms with Crippen LogP contribution in [0.25, 0.3) is 0 Å². The summed E-state index contributed by atoms with van der Waals surface area (Å²) >= 11 is 11.8. The molecule has 2 aromatic carbocycles. The van der Waals surface area contributed by atoms with Gasteiger partial charge in [-0.15, -0.1) is 0 Å². The van der Waals surface area contributed by atoms with Crippen LogP contribution in [0.3, 0.4) is 0 Å². The highest BCUT2D eigenvalue weighted by atomic mass is 35.5. The summed E-state index contributed by atoms with van der Waals surface area (Å²) in [6, 6.07) is 10.4. The fourth-order valence-corrected chi connectivity index (χ4v) is 5.20. The molecule has 7 nitrogen and oxygen atoms in total. The third-order valence-corrected chi connectivity index (χ3v) is 7.37. The second kappa shape index (κ2) is 10.5. The number of methoxy groups -OCH3 is 1. The van der Waals surface area contributed by atoms with Crippen LogP contribution in [0.15, 0.2) is 36.4 Å². The van der Waals surface area contributed by atoms with Crippen LogP contribution in [0.5, 0.6) is 11.5 Å². The van der Waals surface area contributed by atoms with E-state index in [1.807, 2.05) is 18.2 Å². The van der Waals surface area contributed by atoms with Crippen molar-refractivity contribution >= 4 is 39.1 Å². The molecule has 0 spiro atoms. The van der Waals surface area contributed by atoms with E-state index in [2.05, 4.69) is 5.32 Å². The maximum absolute atomic E-state index is 12.7. The number of hydrogen-bond donors (Lipinski definition) is 1. The van der Waals surface area contributed by atoms with E-state index in [9.17, 15) is 13.2 Å². The molecule has 0 saturated carbocycles. The molecule has 10 heteroatoms. The number of nitrogens with zero attached hydrogens (tertiary/aromatic N) is 1. The van der Waals surface area contributed by atoms with Gasteiger partial charge in [-0.3, -0.25) is 4.79 Å². The molecule has 31 heavy (non-hydrogen) atoms. The normalized spacial score (nSPS) is 14.0. The average molecular weight is 487 g/mol. The van der Waals surface area contributed by atoms with Gasteiger partial charge in [-0.05, 0) is 54.3 Å². The fourth-order valence-electron chi connectivity index (χ4n) is 3.27. The van der Waals surface area contributed by atoms with Crippen LogP contribution in [-0.2, 0) is 27.8 Å². The number of fused-ring (bicyclic) bond motifs is 1. The van der Waals surface area contributed by atoms with E-state index in [4.69, 9.17) is 32.7 Å². The lowest BCUT2D eigenvalue weighted by atomic mass is 10.0. The summed E-state index contributed by atoms with van der Waals surface area (Å²) in [5, 5.41) is 3.44. The van der Waals surface area contributed by atoms with Crippen molar-refractivity contribution < 1.29 is 22.7 Å². The maximum Gasteiger partial charge on any atom is 0.257 e. The van der Waals surface area contributed by atoms with E-state index in [-0.39, 0.29) is 24.8 Å². The van der Waals surface area contributed by atoms with Crippen molar-refractivity contribution in [3.05, 3.63) is 57.6 Å². The van der Waals surface area contributed by atoms with Crippen LogP contribution < -0.4 is 14.8 Å². The number of benzene rings is 2. The van der Waals surface area contributed by atoms with Crippen molar-refractivity contribution in [1.29, 1.82) is 0 Å². The predicted octanol–water partition coefficient (Wildman–Crippen LogP) is 3.28. The van der Waals surface area contributed by atoms with E-state index >= 15 is 0 Å². The minimum absolute atomic E-state index is 0.0390. The summed E-state index contributed by atoms with van der Waals surface area (Å²) in [6.45, 7) is 0.798. The number of amides is 1. The van der Waals surface area contributed by atoms with Gasteiger partial charge >= 0.3 is 0 Å². The molecule has 0 radical (unpaired) electrons. The number of carbonyl (C=O) groups is 1. The topological polar surface area (TPSA) is 84.9 Å². The van der Waals surface area contributed by atoms with Crippen LogP contribution in [0, 0.1) is 0 Å². The second-order valence-corrected chi connectivity index (χ2v) is 10.0. The molecule has 2 aromatic rings. The van der Waals surface area contributed by atoms with E-state index in [0.29, 0.717) is 41.7 Å². The Labute approximate surface area is 192 Å². The van der Waals surface area contributed by atoms with Gasteiger partial charge in [-0.25, -0.2) is 8.42 Å². The molecule has 0 bridgehead atoms. The Kier molecular flexibility index (Phi) is 8.05. The fraction of sp³-hybridized carbons (Fsp3) is 0.381.